The van der Waals surface area contributed by atoms with Gasteiger partial charge in [0, 0.05) is 11.8 Å². The summed E-state index contributed by atoms with van der Waals surface area (Å²) in [6, 6.07) is 9.23. The lowest BCUT2D eigenvalue weighted by Crippen LogP contribution is -1.97. The van der Waals surface area contributed by atoms with Gasteiger partial charge in [-0.3, -0.25) is 0 Å². The minimum absolute atomic E-state index is 0.0305. The van der Waals surface area contributed by atoms with E-state index >= 15 is 0 Å². The molecule has 0 fully saturated rings. The molecule has 1 heterocycles. The summed E-state index contributed by atoms with van der Waals surface area (Å²) < 4.78 is 5.74. The largest absolute Gasteiger partial charge is 0.437 e. The van der Waals surface area contributed by atoms with Gasteiger partial charge in [0.25, 0.3) is 0 Å². The van der Waals surface area contributed by atoms with Crippen LogP contribution in [0.1, 0.15) is 30.2 Å². The van der Waals surface area contributed by atoms with Crippen molar-refractivity contribution in [2.24, 2.45) is 0 Å². The SMILES string of the molecule is CCCc1cc(CO)cc(Oc2ccc(C)cc2Cl)n1. The van der Waals surface area contributed by atoms with Crippen molar-refractivity contribution in [3.63, 3.8) is 0 Å². The number of aliphatic hydroxyl groups is 1. The quantitative estimate of drug-likeness (QED) is 0.894. The van der Waals surface area contributed by atoms with Gasteiger partial charge in [-0.1, -0.05) is 31.0 Å². The Morgan fingerprint density at radius 2 is 2.05 bits per heavy atom. The third-order valence-corrected chi connectivity index (χ3v) is 3.20. The molecule has 2 aromatic rings. The number of benzene rings is 1. The first-order chi connectivity index (χ1) is 9.62. The van der Waals surface area contributed by atoms with Gasteiger partial charge < -0.3 is 9.84 Å². The molecule has 0 unspecified atom stereocenters. The van der Waals surface area contributed by atoms with E-state index < -0.39 is 0 Å². The molecule has 0 saturated heterocycles. The van der Waals surface area contributed by atoms with E-state index in [0.717, 1.165) is 29.7 Å². The summed E-state index contributed by atoms with van der Waals surface area (Å²) in [5.74, 6) is 1.04. The smallest absolute Gasteiger partial charge is 0.219 e. The first-order valence-corrected chi connectivity index (χ1v) is 7.05. The number of hydrogen-bond donors (Lipinski definition) is 1. The summed E-state index contributed by atoms with van der Waals surface area (Å²) in [5.41, 5.74) is 2.78. The number of nitrogens with zero attached hydrogens (tertiary/aromatic N) is 1. The van der Waals surface area contributed by atoms with E-state index in [2.05, 4.69) is 11.9 Å². The van der Waals surface area contributed by atoms with E-state index in [-0.39, 0.29) is 6.61 Å². The highest BCUT2D eigenvalue weighted by molar-refractivity contribution is 6.32. The zero-order chi connectivity index (χ0) is 14.5. The van der Waals surface area contributed by atoms with Crippen LogP contribution in [0.15, 0.2) is 30.3 Å². The predicted octanol–water partition coefficient (Wildman–Crippen LogP) is 4.28. The summed E-state index contributed by atoms with van der Waals surface area (Å²) in [5, 5.41) is 9.86. The Morgan fingerprint density at radius 1 is 1.25 bits per heavy atom. The zero-order valence-corrected chi connectivity index (χ0v) is 12.4. The fraction of sp³-hybridized carbons (Fsp3) is 0.312. The summed E-state index contributed by atoms with van der Waals surface area (Å²) in [4.78, 5) is 4.44. The molecule has 106 valence electrons. The molecular weight excluding hydrogens is 274 g/mol. The van der Waals surface area contributed by atoms with Gasteiger partial charge in [0.2, 0.25) is 5.88 Å². The van der Waals surface area contributed by atoms with Crippen LogP contribution in [0.2, 0.25) is 5.02 Å². The summed E-state index contributed by atoms with van der Waals surface area (Å²) in [6.07, 6.45) is 1.85. The van der Waals surface area contributed by atoms with Crippen LogP contribution in [-0.2, 0) is 13.0 Å². The molecule has 0 bridgehead atoms. The molecule has 1 aromatic carbocycles. The molecule has 2 rings (SSSR count). The minimum Gasteiger partial charge on any atom is -0.437 e. The molecule has 4 heteroatoms. The number of aryl methyl sites for hydroxylation is 2. The first kappa shape index (κ1) is 14.8. The number of aromatic nitrogens is 1. The monoisotopic (exact) mass is 291 g/mol. The molecule has 0 aliphatic carbocycles. The fourth-order valence-electron chi connectivity index (χ4n) is 1.95. The van der Waals surface area contributed by atoms with E-state index in [0.29, 0.717) is 16.7 Å². The molecule has 0 radical (unpaired) electrons. The van der Waals surface area contributed by atoms with E-state index in [4.69, 9.17) is 16.3 Å². The average molecular weight is 292 g/mol. The molecular formula is C16H18ClNO2. The minimum atomic E-state index is -0.0305. The highest BCUT2D eigenvalue weighted by Crippen LogP contribution is 2.29. The van der Waals surface area contributed by atoms with Crippen molar-refractivity contribution in [1.82, 2.24) is 4.98 Å². The average Bonchev–Trinajstić information content (AvgIpc) is 2.42. The third-order valence-electron chi connectivity index (χ3n) is 2.91. The normalized spacial score (nSPS) is 10.6. The molecule has 20 heavy (non-hydrogen) atoms. The van der Waals surface area contributed by atoms with Gasteiger partial charge in [-0.15, -0.1) is 0 Å². The lowest BCUT2D eigenvalue weighted by Gasteiger charge is -2.10. The summed E-state index contributed by atoms with van der Waals surface area (Å²) in [7, 11) is 0. The van der Waals surface area contributed by atoms with Crippen molar-refractivity contribution < 1.29 is 9.84 Å². The Labute approximate surface area is 124 Å². The molecule has 0 aliphatic rings. The van der Waals surface area contributed by atoms with Gasteiger partial charge in [-0.25, -0.2) is 4.98 Å². The topological polar surface area (TPSA) is 42.4 Å². The molecule has 0 saturated carbocycles. The van der Waals surface area contributed by atoms with Gasteiger partial charge in [-0.05, 0) is 42.7 Å². The highest BCUT2D eigenvalue weighted by atomic mass is 35.5. The van der Waals surface area contributed by atoms with Crippen molar-refractivity contribution >= 4 is 11.6 Å². The lowest BCUT2D eigenvalue weighted by atomic mass is 10.2. The van der Waals surface area contributed by atoms with E-state index in [1.54, 1.807) is 6.07 Å². The fourth-order valence-corrected chi connectivity index (χ4v) is 2.22. The number of aliphatic hydroxyl groups excluding tert-OH is 1. The Hall–Kier alpha value is -1.58. The highest BCUT2D eigenvalue weighted by Gasteiger charge is 2.07. The molecule has 3 nitrogen and oxygen atoms in total. The Bertz CT molecular complexity index is 599. The summed E-state index contributed by atoms with van der Waals surface area (Å²) in [6.45, 7) is 4.03. The van der Waals surface area contributed by atoms with Crippen LogP contribution >= 0.6 is 11.6 Å². The van der Waals surface area contributed by atoms with Crippen molar-refractivity contribution in [1.29, 1.82) is 0 Å². The first-order valence-electron chi connectivity index (χ1n) is 6.67. The van der Waals surface area contributed by atoms with Crippen molar-refractivity contribution in [2.45, 2.75) is 33.3 Å². The maximum atomic E-state index is 9.30. The Morgan fingerprint density at radius 3 is 2.70 bits per heavy atom. The number of rotatable bonds is 5. The maximum absolute atomic E-state index is 9.30. The Balaban J connectivity index is 2.29. The van der Waals surface area contributed by atoms with Crippen LogP contribution in [0.25, 0.3) is 0 Å². The lowest BCUT2D eigenvalue weighted by molar-refractivity contribution is 0.280. The molecule has 0 spiro atoms. The van der Waals surface area contributed by atoms with E-state index in [1.807, 2.05) is 31.2 Å². The number of pyridine rings is 1. The van der Waals surface area contributed by atoms with Crippen LogP contribution in [0.4, 0.5) is 0 Å². The molecule has 1 aromatic heterocycles. The summed E-state index contributed by atoms with van der Waals surface area (Å²) >= 11 is 6.15. The van der Waals surface area contributed by atoms with E-state index in [1.165, 1.54) is 0 Å². The Kier molecular flexibility index (Phi) is 4.99. The van der Waals surface area contributed by atoms with Crippen LogP contribution < -0.4 is 4.74 Å². The second-order valence-corrected chi connectivity index (χ2v) is 5.16. The van der Waals surface area contributed by atoms with Crippen LogP contribution in [0.5, 0.6) is 11.6 Å². The van der Waals surface area contributed by atoms with Crippen molar-refractivity contribution in [2.75, 3.05) is 0 Å². The van der Waals surface area contributed by atoms with Crippen LogP contribution in [0, 0.1) is 6.92 Å². The van der Waals surface area contributed by atoms with Gasteiger partial charge in [-0.2, -0.15) is 0 Å². The third kappa shape index (κ3) is 3.71. The van der Waals surface area contributed by atoms with Gasteiger partial charge in [0.1, 0.15) is 5.75 Å². The second kappa shape index (κ2) is 6.73. The van der Waals surface area contributed by atoms with E-state index in [9.17, 15) is 5.11 Å². The van der Waals surface area contributed by atoms with Crippen LogP contribution in [-0.4, -0.2) is 10.1 Å². The zero-order valence-electron chi connectivity index (χ0n) is 11.7. The number of halogens is 1. The van der Waals surface area contributed by atoms with Crippen LogP contribution in [0.3, 0.4) is 0 Å². The van der Waals surface area contributed by atoms with Gasteiger partial charge in [0.05, 0.1) is 11.6 Å². The molecule has 0 aliphatic heterocycles. The van der Waals surface area contributed by atoms with Crippen molar-refractivity contribution in [3.8, 4) is 11.6 Å². The molecule has 0 atom stereocenters. The number of hydrogen-bond acceptors (Lipinski definition) is 3. The number of ether oxygens (including phenoxy) is 1. The molecule has 0 amide bonds. The predicted molar refractivity (Wildman–Crippen MR) is 80.4 cm³/mol. The maximum Gasteiger partial charge on any atom is 0.219 e. The molecule has 1 N–H and O–H groups in total. The standard InChI is InChI=1S/C16H18ClNO2/c1-3-4-13-8-12(10-19)9-16(18-13)20-15-6-5-11(2)7-14(15)17/h5-9,19H,3-4,10H2,1-2H3. The second-order valence-electron chi connectivity index (χ2n) is 4.75. The van der Waals surface area contributed by atoms with Gasteiger partial charge >= 0.3 is 0 Å². The van der Waals surface area contributed by atoms with Crippen molar-refractivity contribution in [3.05, 3.63) is 52.2 Å². The van der Waals surface area contributed by atoms with Gasteiger partial charge in [0.15, 0.2) is 0 Å².